The van der Waals surface area contributed by atoms with E-state index < -0.39 is 19.2 Å². The van der Waals surface area contributed by atoms with Gasteiger partial charge in [0.15, 0.2) is 0 Å². The molecule has 0 bridgehead atoms. The van der Waals surface area contributed by atoms with Crippen molar-refractivity contribution >= 4 is 28.1 Å². The molecule has 2 aliphatic heterocycles. The van der Waals surface area contributed by atoms with Gasteiger partial charge in [-0.15, -0.1) is 12.6 Å². The van der Waals surface area contributed by atoms with Crippen LogP contribution >= 0.6 is 20.3 Å². The number of thiol groups is 1. The normalized spacial score (nSPS) is 36.0. The van der Waals surface area contributed by atoms with Crippen LogP contribution in [0.3, 0.4) is 0 Å². The first-order chi connectivity index (χ1) is 10.8. The Kier molecular flexibility index (Phi) is 7.40. The number of morpholine rings is 2. The lowest BCUT2D eigenvalue weighted by molar-refractivity contribution is -0.0549. The largest absolute Gasteiger partial charge is 0.394 e. The number of nitrogens with zero attached hydrogens (tertiary/aromatic N) is 2. The number of hydrogen-bond donors (Lipinski definition) is 3. The van der Waals surface area contributed by atoms with Crippen molar-refractivity contribution in [2.75, 3.05) is 53.5 Å². The minimum absolute atomic E-state index is 0.161. The maximum atomic E-state index is 13.4. The molecule has 0 amide bonds. The summed E-state index contributed by atoms with van der Waals surface area (Å²) < 4.78 is 33.4. The number of ether oxygens (including phenoxy) is 2. The maximum Gasteiger partial charge on any atom is 0.345 e. The fourth-order valence-electron chi connectivity index (χ4n) is 2.56. The summed E-state index contributed by atoms with van der Waals surface area (Å²) in [4.78, 5) is 0. The van der Waals surface area contributed by atoms with Crippen LogP contribution in [-0.2, 0) is 18.6 Å². The molecule has 0 aromatic heterocycles. The Labute approximate surface area is 144 Å². The Morgan fingerprint density at radius 3 is 2.74 bits per heavy atom. The fourth-order valence-corrected chi connectivity index (χ4v) is 5.07. The molecular weight excluding hydrogens is 340 g/mol. The van der Waals surface area contributed by atoms with Crippen molar-refractivity contribution in [2.24, 2.45) is 0 Å². The fraction of sp³-hybridized carbons (Fsp3) is 1.00. The van der Waals surface area contributed by atoms with Crippen LogP contribution in [0.15, 0.2) is 0 Å². The summed E-state index contributed by atoms with van der Waals surface area (Å²) in [7, 11) is 5.87. The van der Waals surface area contributed by atoms with Gasteiger partial charge in [0.2, 0.25) is 0 Å². The molecule has 11 heteroatoms. The van der Waals surface area contributed by atoms with Crippen LogP contribution in [0.4, 0.5) is 0 Å². The van der Waals surface area contributed by atoms with Crippen molar-refractivity contribution in [3.63, 3.8) is 0 Å². The molecule has 132 valence electrons. The topological polar surface area (TPSA) is 83.5 Å². The van der Waals surface area contributed by atoms with Crippen LogP contribution in [0.2, 0.25) is 0 Å². The highest BCUT2D eigenvalue weighted by molar-refractivity contribution is 7.80. The smallest absolute Gasteiger partial charge is 0.345 e. The third kappa shape index (κ3) is 5.17. The van der Waals surface area contributed by atoms with Gasteiger partial charge in [0.25, 0.3) is 0 Å². The molecular formula is C12H25BN3O5PS. The van der Waals surface area contributed by atoms with Crippen LogP contribution in [0, 0.1) is 0 Å². The van der Waals surface area contributed by atoms with Crippen LogP contribution in [0.1, 0.15) is 0 Å². The summed E-state index contributed by atoms with van der Waals surface area (Å²) in [6.07, 6.45) is -0.697. The number of rotatable bonds is 6. The quantitative estimate of drug-likeness (QED) is 0.318. The molecule has 0 aromatic rings. The summed E-state index contributed by atoms with van der Waals surface area (Å²) >= 11 is 4.29. The van der Waals surface area contributed by atoms with Crippen LogP contribution in [0.5, 0.6) is 0 Å². The first kappa shape index (κ1) is 19.7. The molecule has 0 saturated carbocycles. The predicted molar refractivity (Wildman–Crippen MR) is 90.8 cm³/mol. The van der Waals surface area contributed by atoms with E-state index in [2.05, 4.69) is 17.9 Å². The molecule has 2 heterocycles. The third-order valence-electron chi connectivity index (χ3n) is 3.71. The van der Waals surface area contributed by atoms with Crippen molar-refractivity contribution < 1.29 is 23.7 Å². The molecule has 0 aromatic carbocycles. The van der Waals surface area contributed by atoms with Crippen molar-refractivity contribution in [3.8, 4) is 0 Å². The summed E-state index contributed by atoms with van der Waals surface area (Å²) in [5.74, 6) is 0. The zero-order valence-corrected chi connectivity index (χ0v) is 15.3. The molecule has 23 heavy (non-hydrogen) atoms. The Morgan fingerprint density at radius 2 is 2.13 bits per heavy atom. The predicted octanol–water partition coefficient (Wildman–Crippen LogP) is -0.895. The second-order valence-corrected chi connectivity index (χ2v) is 9.04. The maximum absolute atomic E-state index is 13.4. The summed E-state index contributed by atoms with van der Waals surface area (Å²) in [5, 5.41) is 12.5. The lowest BCUT2D eigenvalue weighted by Gasteiger charge is -2.41. The molecule has 8 nitrogen and oxygen atoms in total. The molecule has 2 rings (SSSR count). The molecule has 2 N–H and O–H groups in total. The number of aliphatic hydroxyl groups is 1. The second kappa shape index (κ2) is 8.64. The van der Waals surface area contributed by atoms with Gasteiger partial charge in [-0.25, -0.2) is 9.34 Å². The van der Waals surface area contributed by atoms with Crippen molar-refractivity contribution in [3.05, 3.63) is 0 Å². The van der Waals surface area contributed by atoms with E-state index in [1.807, 2.05) is 0 Å². The Balaban J connectivity index is 2.01. The van der Waals surface area contributed by atoms with Gasteiger partial charge in [-0.2, -0.15) is 0 Å². The number of aliphatic hydroxyl groups excluding tert-OH is 1. The Morgan fingerprint density at radius 1 is 1.39 bits per heavy atom. The summed E-state index contributed by atoms with van der Waals surface area (Å²) in [6, 6.07) is -0.389. The van der Waals surface area contributed by atoms with E-state index in [0.717, 1.165) is 0 Å². The SMILES string of the molecule is [B]C1CNCC(COP(=O)(N(C)C)N2CC(S)OC(CO)C2)O1. The van der Waals surface area contributed by atoms with Crippen LogP contribution < -0.4 is 5.32 Å². The number of nitrogens with one attached hydrogen (secondary N) is 1. The van der Waals surface area contributed by atoms with Gasteiger partial charge >= 0.3 is 7.67 Å². The van der Waals surface area contributed by atoms with Gasteiger partial charge < -0.3 is 24.4 Å². The average Bonchev–Trinajstić information content (AvgIpc) is 2.51. The first-order valence-corrected chi connectivity index (χ1v) is 9.63. The van der Waals surface area contributed by atoms with Crippen LogP contribution in [-0.4, -0.2) is 99.4 Å². The van der Waals surface area contributed by atoms with E-state index in [1.54, 1.807) is 23.4 Å². The third-order valence-corrected chi connectivity index (χ3v) is 6.53. The summed E-state index contributed by atoms with van der Waals surface area (Å²) in [6.45, 7) is 1.84. The zero-order valence-electron chi connectivity index (χ0n) is 13.5. The van der Waals surface area contributed by atoms with Gasteiger partial charge in [-0.05, 0) is 14.1 Å². The molecule has 5 atom stereocenters. The molecule has 2 radical (unpaired) electrons. The lowest BCUT2D eigenvalue weighted by Crippen LogP contribution is -2.49. The highest BCUT2D eigenvalue weighted by atomic mass is 32.1. The second-order valence-electron chi connectivity index (χ2n) is 5.86. The van der Waals surface area contributed by atoms with E-state index in [4.69, 9.17) is 21.8 Å². The van der Waals surface area contributed by atoms with E-state index in [0.29, 0.717) is 26.2 Å². The molecule has 5 unspecified atom stereocenters. The first-order valence-electron chi connectivity index (χ1n) is 7.59. The Hall–Kier alpha value is 0.365. The summed E-state index contributed by atoms with van der Waals surface area (Å²) in [5.41, 5.74) is -0.432. The van der Waals surface area contributed by atoms with Gasteiger partial charge in [0, 0.05) is 32.2 Å². The zero-order chi connectivity index (χ0) is 17.0. The minimum atomic E-state index is -3.26. The monoisotopic (exact) mass is 365 g/mol. The molecule has 2 fully saturated rings. The molecule has 2 aliphatic rings. The molecule has 0 aliphatic carbocycles. The highest BCUT2D eigenvalue weighted by Gasteiger charge is 2.41. The van der Waals surface area contributed by atoms with Crippen molar-refractivity contribution in [1.29, 1.82) is 0 Å². The van der Waals surface area contributed by atoms with Gasteiger partial charge in [0.05, 0.1) is 25.4 Å². The van der Waals surface area contributed by atoms with Crippen LogP contribution in [0.25, 0.3) is 0 Å². The minimum Gasteiger partial charge on any atom is -0.394 e. The highest BCUT2D eigenvalue weighted by Crippen LogP contribution is 2.53. The van der Waals surface area contributed by atoms with E-state index >= 15 is 0 Å². The van der Waals surface area contributed by atoms with E-state index in [1.165, 1.54) is 0 Å². The average molecular weight is 365 g/mol. The lowest BCUT2D eigenvalue weighted by atomic mass is 9.98. The van der Waals surface area contributed by atoms with Crippen molar-refractivity contribution in [1.82, 2.24) is 14.7 Å². The number of hydrogen-bond acceptors (Lipinski definition) is 7. The van der Waals surface area contributed by atoms with E-state index in [9.17, 15) is 9.67 Å². The van der Waals surface area contributed by atoms with E-state index in [-0.39, 0.29) is 25.3 Å². The van der Waals surface area contributed by atoms with Gasteiger partial charge in [-0.1, -0.05) is 0 Å². The molecule has 0 spiro atoms. The van der Waals surface area contributed by atoms with Gasteiger partial charge in [-0.3, -0.25) is 4.57 Å². The Bertz CT molecular complexity index is 436. The molecule has 2 saturated heterocycles. The van der Waals surface area contributed by atoms with Crippen molar-refractivity contribution in [2.45, 2.75) is 23.6 Å². The standard InChI is InChI=1S/C12H25BN3O5PS/c1-15(2)22(18,16-5-10(7-17)21-12(23)6-16)19-8-9-3-14-4-11(13)20-9/h9-12,14,17,23H,3-8H2,1-2H3. The van der Waals surface area contributed by atoms with Gasteiger partial charge in [0.1, 0.15) is 13.3 Å².